The summed E-state index contributed by atoms with van der Waals surface area (Å²) in [5.74, 6) is 0. The third kappa shape index (κ3) is 3.32. The molecular weight excluding hydrogens is 386 g/mol. The summed E-state index contributed by atoms with van der Waals surface area (Å²) in [6.45, 7) is 2.97. The Bertz CT molecular complexity index is 1090. The van der Waals surface area contributed by atoms with E-state index < -0.39 is 0 Å². The van der Waals surface area contributed by atoms with E-state index in [9.17, 15) is 0 Å². The monoisotopic (exact) mass is 407 g/mol. The number of hydrogen-bond donors (Lipinski definition) is 3. The quantitative estimate of drug-likeness (QED) is 0.615. The second-order valence-electron chi connectivity index (χ2n) is 7.43. The van der Waals surface area contributed by atoms with Gasteiger partial charge in [0.05, 0.1) is 23.6 Å². The smallest absolute Gasteiger partial charge is 0.113 e. The highest BCUT2D eigenvalue weighted by atomic mass is 35.5. The number of hydrogen-bond acceptors (Lipinski definition) is 6. The van der Waals surface area contributed by atoms with Crippen molar-refractivity contribution >= 4 is 23.0 Å². The van der Waals surface area contributed by atoms with Crippen LogP contribution >= 0.6 is 11.6 Å². The zero-order chi connectivity index (χ0) is 20.0. The molecule has 29 heavy (non-hydrogen) atoms. The Morgan fingerprint density at radius 2 is 2.00 bits per heavy atom. The molecule has 2 aliphatic rings. The summed E-state index contributed by atoms with van der Waals surface area (Å²) in [6, 6.07) is 14.5. The number of nitrogens with zero attached hydrogens (tertiary/aromatic N) is 4. The molecule has 3 N–H and O–H groups in total. The Balaban J connectivity index is 1.60. The largest absolute Gasteiger partial charge is 0.378 e. The average molecular weight is 408 g/mol. The van der Waals surface area contributed by atoms with E-state index in [0.29, 0.717) is 0 Å². The van der Waals surface area contributed by atoms with Gasteiger partial charge in [-0.3, -0.25) is 9.69 Å². The molecule has 8 heteroatoms. The molecule has 3 heterocycles. The third-order valence-corrected chi connectivity index (χ3v) is 5.66. The fourth-order valence-electron chi connectivity index (χ4n) is 4.00. The number of benzene rings is 2. The van der Waals surface area contributed by atoms with Gasteiger partial charge in [-0.05, 0) is 49.2 Å². The third-order valence-electron chi connectivity index (χ3n) is 5.41. The minimum atomic E-state index is 0.149. The van der Waals surface area contributed by atoms with E-state index in [2.05, 4.69) is 56.7 Å². The van der Waals surface area contributed by atoms with Gasteiger partial charge in [0.1, 0.15) is 5.69 Å². The number of hydrazine groups is 2. The lowest BCUT2D eigenvalue weighted by Crippen LogP contribution is -2.37. The maximum absolute atomic E-state index is 6.06. The number of aryl methyl sites for hydroxylation is 1. The lowest BCUT2D eigenvalue weighted by atomic mass is 9.94. The molecule has 5 rings (SSSR count). The lowest BCUT2D eigenvalue weighted by molar-refractivity contribution is 0.281. The molecule has 3 aromatic rings. The standard InChI is InChI=1S/C21H22ClN7/c1-13-21-17-8-3-14(20-12-28(2)26-25-20)11-18(17)19(9-10-29(21)27-24-13)23-16-6-4-15(22)5-7-16/h3-8,11-12,19,23-24,27H,9-10H2,1-2H3. The van der Waals surface area contributed by atoms with Crippen molar-refractivity contribution in [1.29, 1.82) is 0 Å². The van der Waals surface area contributed by atoms with Crippen LogP contribution in [0.15, 0.2) is 54.4 Å². The first-order valence-corrected chi connectivity index (χ1v) is 9.99. The van der Waals surface area contributed by atoms with Crippen molar-refractivity contribution < 1.29 is 0 Å². The highest BCUT2D eigenvalue weighted by molar-refractivity contribution is 6.30. The van der Waals surface area contributed by atoms with Crippen molar-refractivity contribution in [3.8, 4) is 11.3 Å². The van der Waals surface area contributed by atoms with Crippen LogP contribution in [0.1, 0.15) is 30.5 Å². The van der Waals surface area contributed by atoms with Crippen LogP contribution in [0.2, 0.25) is 5.02 Å². The molecule has 0 aliphatic carbocycles. The number of aromatic nitrogens is 3. The highest BCUT2D eigenvalue weighted by Crippen LogP contribution is 2.38. The first kappa shape index (κ1) is 18.0. The van der Waals surface area contributed by atoms with Crippen molar-refractivity contribution in [1.82, 2.24) is 31.0 Å². The van der Waals surface area contributed by atoms with E-state index in [0.717, 1.165) is 40.6 Å². The van der Waals surface area contributed by atoms with Gasteiger partial charge in [0.15, 0.2) is 0 Å². The van der Waals surface area contributed by atoms with Gasteiger partial charge < -0.3 is 10.7 Å². The Labute approximate surface area is 174 Å². The van der Waals surface area contributed by atoms with Gasteiger partial charge >= 0.3 is 0 Å². The van der Waals surface area contributed by atoms with Gasteiger partial charge in [0.25, 0.3) is 0 Å². The predicted octanol–water partition coefficient (Wildman–Crippen LogP) is 3.71. The van der Waals surface area contributed by atoms with Crippen LogP contribution in [0, 0.1) is 0 Å². The molecule has 0 saturated carbocycles. The van der Waals surface area contributed by atoms with E-state index in [1.54, 1.807) is 4.68 Å². The number of anilines is 1. The van der Waals surface area contributed by atoms with Gasteiger partial charge in [-0.1, -0.05) is 28.9 Å². The highest BCUT2D eigenvalue weighted by Gasteiger charge is 2.30. The molecule has 1 atom stereocenters. The van der Waals surface area contributed by atoms with E-state index in [-0.39, 0.29) is 6.04 Å². The number of fused-ring (bicyclic) bond motifs is 3. The van der Waals surface area contributed by atoms with Crippen molar-refractivity contribution in [2.75, 3.05) is 11.9 Å². The number of rotatable bonds is 3. The Morgan fingerprint density at radius 1 is 1.17 bits per heavy atom. The maximum atomic E-state index is 6.06. The Kier molecular flexibility index (Phi) is 4.41. The molecule has 148 valence electrons. The Hall–Kier alpha value is -3.03. The molecule has 0 amide bonds. The topological polar surface area (TPSA) is 70.0 Å². The number of halogens is 1. The number of nitrogens with one attached hydrogen (secondary N) is 3. The van der Waals surface area contributed by atoms with Gasteiger partial charge in [-0.15, -0.1) is 10.6 Å². The molecule has 7 nitrogen and oxygen atoms in total. The summed E-state index contributed by atoms with van der Waals surface area (Å²) in [5, 5.41) is 15.0. The van der Waals surface area contributed by atoms with Gasteiger partial charge in [-0.25, -0.2) is 0 Å². The average Bonchev–Trinajstić information content (AvgIpc) is 3.28. The van der Waals surface area contributed by atoms with Crippen LogP contribution in [0.25, 0.3) is 17.0 Å². The van der Waals surface area contributed by atoms with E-state index >= 15 is 0 Å². The van der Waals surface area contributed by atoms with Crippen molar-refractivity contribution in [3.63, 3.8) is 0 Å². The molecule has 0 fully saturated rings. The van der Waals surface area contributed by atoms with E-state index in [4.69, 9.17) is 11.6 Å². The van der Waals surface area contributed by atoms with Gasteiger partial charge in [0.2, 0.25) is 0 Å². The second-order valence-corrected chi connectivity index (χ2v) is 7.87. The zero-order valence-electron chi connectivity index (χ0n) is 16.3. The second kappa shape index (κ2) is 7.09. The SMILES string of the molecule is CC1=C2c3ccc(-c4cn(C)nn4)cc3C(Nc3ccc(Cl)cc3)CCN2NN1. The molecule has 2 aliphatic heterocycles. The predicted molar refractivity (Wildman–Crippen MR) is 114 cm³/mol. The molecule has 0 bridgehead atoms. The van der Waals surface area contributed by atoms with Crippen molar-refractivity contribution in [3.05, 3.63) is 70.5 Å². The van der Waals surface area contributed by atoms with Crippen LogP contribution in [-0.2, 0) is 7.05 Å². The summed E-state index contributed by atoms with van der Waals surface area (Å²) < 4.78 is 1.73. The van der Waals surface area contributed by atoms with E-state index in [1.165, 1.54) is 16.8 Å². The molecule has 0 radical (unpaired) electrons. The Morgan fingerprint density at radius 3 is 2.76 bits per heavy atom. The molecule has 1 unspecified atom stereocenters. The minimum absolute atomic E-state index is 0.149. The summed E-state index contributed by atoms with van der Waals surface area (Å²) in [6.07, 6.45) is 2.88. The van der Waals surface area contributed by atoms with E-state index in [1.807, 2.05) is 37.5 Å². The van der Waals surface area contributed by atoms with Crippen LogP contribution in [0.5, 0.6) is 0 Å². The first-order valence-electron chi connectivity index (χ1n) is 9.62. The van der Waals surface area contributed by atoms with Crippen molar-refractivity contribution in [2.45, 2.75) is 19.4 Å². The minimum Gasteiger partial charge on any atom is -0.378 e. The zero-order valence-corrected chi connectivity index (χ0v) is 17.0. The lowest BCUT2D eigenvalue weighted by Gasteiger charge is -2.21. The maximum Gasteiger partial charge on any atom is 0.113 e. The summed E-state index contributed by atoms with van der Waals surface area (Å²) in [5.41, 5.74) is 14.2. The first-order chi connectivity index (χ1) is 14.1. The van der Waals surface area contributed by atoms with Crippen LogP contribution in [0.4, 0.5) is 5.69 Å². The molecular formula is C21H22ClN7. The fraction of sp³-hybridized carbons (Fsp3) is 0.238. The van der Waals surface area contributed by atoms with Gasteiger partial charge in [-0.2, -0.15) is 0 Å². The normalized spacial score (nSPS) is 18.2. The molecule has 0 saturated heterocycles. The summed E-state index contributed by atoms with van der Waals surface area (Å²) >= 11 is 6.06. The van der Waals surface area contributed by atoms with Crippen LogP contribution < -0.4 is 16.3 Å². The van der Waals surface area contributed by atoms with Crippen molar-refractivity contribution in [2.24, 2.45) is 7.05 Å². The molecule has 0 spiro atoms. The summed E-state index contributed by atoms with van der Waals surface area (Å²) in [4.78, 5) is 0. The fourth-order valence-corrected chi connectivity index (χ4v) is 4.13. The number of allylic oxidation sites excluding steroid dienone is 1. The van der Waals surface area contributed by atoms with Crippen LogP contribution in [-0.4, -0.2) is 26.5 Å². The molecule has 2 aromatic carbocycles. The van der Waals surface area contributed by atoms with Crippen LogP contribution in [0.3, 0.4) is 0 Å². The summed E-state index contributed by atoms with van der Waals surface area (Å²) in [7, 11) is 1.88. The van der Waals surface area contributed by atoms with Gasteiger partial charge in [0, 0.05) is 35.4 Å². The molecule has 1 aromatic heterocycles.